The Balaban J connectivity index is 2.38. The molecule has 1 nitrogen and oxygen atoms in total. The van der Waals surface area contributed by atoms with Gasteiger partial charge in [0.2, 0.25) is 0 Å². The fraction of sp³-hybridized carbons (Fsp3) is 0.625. The van der Waals surface area contributed by atoms with Gasteiger partial charge < -0.3 is 5.32 Å². The third-order valence-corrected chi connectivity index (χ3v) is 3.96. The van der Waals surface area contributed by atoms with Crippen molar-refractivity contribution in [2.45, 2.75) is 53.0 Å². The summed E-state index contributed by atoms with van der Waals surface area (Å²) in [6.07, 6.45) is 3.77. The lowest BCUT2D eigenvalue weighted by Crippen LogP contribution is -2.25. The van der Waals surface area contributed by atoms with Gasteiger partial charge in [-0.3, -0.25) is 0 Å². The van der Waals surface area contributed by atoms with Crippen molar-refractivity contribution in [3.8, 4) is 0 Å². The molecule has 1 aliphatic rings. The average Bonchev–Trinajstić information content (AvgIpc) is 2.37. The monoisotopic (exact) mass is 231 g/mol. The van der Waals surface area contributed by atoms with E-state index in [0.29, 0.717) is 11.5 Å². The molecule has 0 fully saturated rings. The highest BCUT2D eigenvalue weighted by Gasteiger charge is 2.28. The van der Waals surface area contributed by atoms with E-state index in [-0.39, 0.29) is 0 Å². The Morgan fingerprint density at radius 2 is 2.12 bits per heavy atom. The largest absolute Gasteiger partial charge is 0.310 e. The number of benzene rings is 1. The smallest absolute Gasteiger partial charge is 0.0328 e. The van der Waals surface area contributed by atoms with E-state index >= 15 is 0 Å². The summed E-state index contributed by atoms with van der Waals surface area (Å²) in [4.78, 5) is 0. The zero-order valence-corrected chi connectivity index (χ0v) is 11.6. The van der Waals surface area contributed by atoms with Crippen molar-refractivity contribution in [3.63, 3.8) is 0 Å². The molecule has 0 spiro atoms. The van der Waals surface area contributed by atoms with Crippen LogP contribution in [0.5, 0.6) is 0 Å². The van der Waals surface area contributed by atoms with E-state index < -0.39 is 0 Å². The van der Waals surface area contributed by atoms with Crippen LogP contribution in [0.25, 0.3) is 0 Å². The predicted molar refractivity (Wildman–Crippen MR) is 74.3 cm³/mol. The zero-order valence-electron chi connectivity index (χ0n) is 11.6. The lowest BCUT2D eigenvalue weighted by atomic mass is 9.83. The van der Waals surface area contributed by atoms with E-state index in [1.807, 2.05) is 0 Å². The Kier molecular flexibility index (Phi) is 3.58. The molecule has 0 amide bonds. The van der Waals surface area contributed by atoms with Gasteiger partial charge >= 0.3 is 0 Å². The van der Waals surface area contributed by atoms with Gasteiger partial charge in [-0.05, 0) is 49.3 Å². The van der Waals surface area contributed by atoms with Crippen LogP contribution in [0.4, 0.5) is 0 Å². The lowest BCUT2D eigenvalue weighted by Gasteiger charge is -2.27. The molecule has 1 N–H and O–H groups in total. The summed E-state index contributed by atoms with van der Waals surface area (Å²) in [6, 6.07) is 7.49. The first-order chi connectivity index (χ1) is 8.02. The molecule has 2 rings (SSSR count). The van der Waals surface area contributed by atoms with E-state index in [2.05, 4.69) is 51.2 Å². The average molecular weight is 231 g/mol. The van der Waals surface area contributed by atoms with Gasteiger partial charge in [-0.1, -0.05) is 44.5 Å². The highest BCUT2D eigenvalue weighted by molar-refractivity contribution is 5.35. The van der Waals surface area contributed by atoms with Crippen LogP contribution in [0, 0.1) is 12.3 Å². The third-order valence-electron chi connectivity index (χ3n) is 3.96. The normalized spacial score (nSPS) is 22.9. The molecule has 94 valence electrons. The maximum atomic E-state index is 3.66. The van der Waals surface area contributed by atoms with Gasteiger partial charge in [-0.25, -0.2) is 0 Å². The summed E-state index contributed by atoms with van der Waals surface area (Å²) in [7, 11) is 0. The van der Waals surface area contributed by atoms with E-state index in [4.69, 9.17) is 0 Å². The molecule has 1 heteroatoms. The molecule has 17 heavy (non-hydrogen) atoms. The van der Waals surface area contributed by atoms with Gasteiger partial charge in [0.05, 0.1) is 0 Å². The summed E-state index contributed by atoms with van der Waals surface area (Å²) in [5.74, 6) is 0. The molecule has 0 radical (unpaired) electrons. The second-order valence-corrected chi connectivity index (χ2v) is 6.18. The van der Waals surface area contributed by atoms with E-state index in [9.17, 15) is 0 Å². The zero-order chi connectivity index (χ0) is 12.5. The SMILES string of the molecule is CCNC1CC(C)(C)CCc2ccc(C)cc21. The van der Waals surface area contributed by atoms with Gasteiger partial charge in [0.25, 0.3) is 0 Å². The third kappa shape index (κ3) is 2.90. The topological polar surface area (TPSA) is 12.0 Å². The first-order valence-electron chi connectivity index (χ1n) is 6.84. The first-order valence-corrected chi connectivity index (χ1v) is 6.84. The Labute approximate surface area is 106 Å². The van der Waals surface area contributed by atoms with Crippen molar-refractivity contribution in [1.82, 2.24) is 5.32 Å². The van der Waals surface area contributed by atoms with Crippen molar-refractivity contribution in [2.75, 3.05) is 6.54 Å². The first kappa shape index (κ1) is 12.6. The second-order valence-electron chi connectivity index (χ2n) is 6.18. The number of rotatable bonds is 2. The quantitative estimate of drug-likeness (QED) is 0.758. The van der Waals surface area contributed by atoms with Crippen LogP contribution < -0.4 is 5.32 Å². The number of aryl methyl sites for hydroxylation is 2. The molecular weight excluding hydrogens is 206 g/mol. The van der Waals surface area contributed by atoms with Crippen LogP contribution >= 0.6 is 0 Å². The summed E-state index contributed by atoms with van der Waals surface area (Å²) in [6.45, 7) is 10.2. The standard InChI is InChI=1S/C16H25N/c1-5-17-15-11-16(3,4)9-8-13-7-6-12(2)10-14(13)15/h6-7,10,15,17H,5,8-9,11H2,1-4H3. The minimum Gasteiger partial charge on any atom is -0.310 e. The van der Waals surface area contributed by atoms with Crippen LogP contribution in [0.2, 0.25) is 0 Å². The van der Waals surface area contributed by atoms with E-state index in [1.165, 1.54) is 30.4 Å². The molecule has 0 aromatic heterocycles. The van der Waals surface area contributed by atoms with E-state index in [0.717, 1.165) is 6.54 Å². The lowest BCUT2D eigenvalue weighted by molar-refractivity contribution is 0.275. The van der Waals surface area contributed by atoms with Gasteiger partial charge in [-0.15, -0.1) is 0 Å². The molecular formula is C16H25N. The van der Waals surface area contributed by atoms with E-state index in [1.54, 1.807) is 5.56 Å². The molecule has 1 aromatic carbocycles. The minimum absolute atomic E-state index is 0.444. The molecule has 1 atom stereocenters. The molecule has 0 heterocycles. The van der Waals surface area contributed by atoms with Crippen molar-refractivity contribution in [1.29, 1.82) is 0 Å². The molecule has 1 aromatic rings. The second kappa shape index (κ2) is 4.81. The summed E-state index contributed by atoms with van der Waals surface area (Å²) >= 11 is 0. The number of nitrogens with one attached hydrogen (secondary N) is 1. The molecule has 1 aliphatic carbocycles. The molecule has 0 saturated carbocycles. The summed E-state index contributed by atoms with van der Waals surface area (Å²) in [5, 5.41) is 3.66. The molecule has 1 unspecified atom stereocenters. The van der Waals surface area contributed by atoms with Crippen molar-refractivity contribution < 1.29 is 0 Å². The fourth-order valence-corrected chi connectivity index (χ4v) is 2.93. The summed E-state index contributed by atoms with van der Waals surface area (Å²) < 4.78 is 0. The number of hydrogen-bond acceptors (Lipinski definition) is 1. The van der Waals surface area contributed by atoms with Gasteiger partial charge in [0.1, 0.15) is 0 Å². The van der Waals surface area contributed by atoms with Crippen molar-refractivity contribution in [3.05, 3.63) is 34.9 Å². The van der Waals surface area contributed by atoms with Crippen LogP contribution in [0.15, 0.2) is 18.2 Å². The van der Waals surface area contributed by atoms with Crippen LogP contribution in [0.1, 0.15) is 56.3 Å². The van der Waals surface area contributed by atoms with Crippen molar-refractivity contribution in [2.24, 2.45) is 5.41 Å². The van der Waals surface area contributed by atoms with Gasteiger partial charge in [-0.2, -0.15) is 0 Å². The fourth-order valence-electron chi connectivity index (χ4n) is 2.93. The number of hydrogen-bond donors (Lipinski definition) is 1. The van der Waals surface area contributed by atoms with Crippen LogP contribution in [0.3, 0.4) is 0 Å². The van der Waals surface area contributed by atoms with Crippen LogP contribution in [-0.2, 0) is 6.42 Å². The Morgan fingerprint density at radius 3 is 2.82 bits per heavy atom. The highest BCUT2D eigenvalue weighted by Crippen LogP contribution is 2.39. The maximum Gasteiger partial charge on any atom is 0.0328 e. The summed E-state index contributed by atoms with van der Waals surface area (Å²) in [5.41, 5.74) is 4.91. The van der Waals surface area contributed by atoms with Crippen molar-refractivity contribution >= 4 is 0 Å². The predicted octanol–water partition coefficient (Wildman–Crippen LogP) is 4.01. The molecule has 0 aliphatic heterocycles. The highest BCUT2D eigenvalue weighted by atomic mass is 14.9. The molecule has 0 bridgehead atoms. The minimum atomic E-state index is 0.444. The Hall–Kier alpha value is -0.820. The van der Waals surface area contributed by atoms with Gasteiger partial charge in [0, 0.05) is 6.04 Å². The maximum absolute atomic E-state index is 3.66. The van der Waals surface area contributed by atoms with Crippen LogP contribution in [-0.4, -0.2) is 6.54 Å². The Morgan fingerprint density at radius 1 is 1.35 bits per heavy atom. The molecule has 0 saturated heterocycles. The Bertz CT molecular complexity index is 393. The van der Waals surface area contributed by atoms with Gasteiger partial charge in [0.15, 0.2) is 0 Å². The number of fused-ring (bicyclic) bond motifs is 1.